The summed E-state index contributed by atoms with van der Waals surface area (Å²) in [5.41, 5.74) is 1.94. The molecule has 6 nitrogen and oxygen atoms in total. The maximum absolute atomic E-state index is 12.0. The van der Waals surface area contributed by atoms with Crippen LogP contribution in [0.1, 0.15) is 46.1 Å². The van der Waals surface area contributed by atoms with E-state index in [0.29, 0.717) is 17.9 Å². The van der Waals surface area contributed by atoms with Crippen molar-refractivity contribution < 1.29 is 14.3 Å². The molecule has 1 aliphatic rings. The van der Waals surface area contributed by atoms with Gasteiger partial charge in [0.2, 0.25) is 0 Å². The molecule has 152 valence electrons. The summed E-state index contributed by atoms with van der Waals surface area (Å²) in [7, 11) is 0. The van der Waals surface area contributed by atoms with Crippen molar-refractivity contribution in [2.45, 2.75) is 52.2 Å². The second-order valence-corrected chi connectivity index (χ2v) is 8.01. The van der Waals surface area contributed by atoms with E-state index >= 15 is 0 Å². The molecule has 0 saturated carbocycles. The molecule has 1 amide bonds. The molecule has 1 N–H and O–H groups in total. The highest BCUT2D eigenvalue weighted by Crippen LogP contribution is 2.48. The summed E-state index contributed by atoms with van der Waals surface area (Å²) >= 11 is 0. The van der Waals surface area contributed by atoms with E-state index in [9.17, 15) is 10.1 Å². The lowest BCUT2D eigenvalue weighted by Gasteiger charge is -2.38. The fourth-order valence-electron chi connectivity index (χ4n) is 3.42. The predicted octanol–water partition coefficient (Wildman–Crippen LogP) is 5.50. The Balaban J connectivity index is 1.82. The minimum absolute atomic E-state index is 0.140. The van der Waals surface area contributed by atoms with Crippen LogP contribution in [0.25, 0.3) is 0 Å². The highest BCUT2D eigenvalue weighted by molar-refractivity contribution is 5.79. The normalized spacial score (nSPS) is 13.4. The molecule has 0 bridgehead atoms. The largest absolute Gasteiger partial charge is 0.453 e. The molecule has 0 spiro atoms. The molecule has 0 fully saturated rings. The average Bonchev–Trinajstić information content (AvgIpc) is 2.68. The molecule has 2 aromatic carbocycles. The van der Waals surface area contributed by atoms with Gasteiger partial charge in [-0.05, 0) is 57.9 Å². The van der Waals surface area contributed by atoms with E-state index in [1.165, 1.54) is 0 Å². The predicted molar refractivity (Wildman–Crippen MR) is 113 cm³/mol. The van der Waals surface area contributed by atoms with Crippen LogP contribution in [0, 0.1) is 11.3 Å². The molecule has 1 heterocycles. The number of benzene rings is 2. The van der Waals surface area contributed by atoms with Crippen LogP contribution in [0.15, 0.2) is 42.5 Å². The maximum atomic E-state index is 12.0. The minimum atomic E-state index is -0.519. The number of nitrogens with zero attached hydrogens (tertiary/aromatic N) is 2. The van der Waals surface area contributed by atoms with Crippen molar-refractivity contribution in [2.75, 3.05) is 11.4 Å². The number of fused-ring (bicyclic) bond motifs is 2. The van der Waals surface area contributed by atoms with E-state index in [2.05, 4.69) is 23.2 Å². The number of carbonyl (C=O) groups is 1. The number of alkyl carbamates (subject to hydrolysis) is 1. The van der Waals surface area contributed by atoms with E-state index in [-0.39, 0.29) is 6.04 Å². The third-order valence-corrected chi connectivity index (χ3v) is 4.68. The summed E-state index contributed by atoms with van der Waals surface area (Å²) in [5.74, 6) is 1.43. The van der Waals surface area contributed by atoms with E-state index in [1.54, 1.807) is 12.1 Å². The Hall–Kier alpha value is -3.20. The van der Waals surface area contributed by atoms with Gasteiger partial charge in [0.25, 0.3) is 0 Å². The molecule has 29 heavy (non-hydrogen) atoms. The molecule has 3 rings (SSSR count). The second-order valence-electron chi connectivity index (χ2n) is 8.01. The number of rotatable bonds is 5. The van der Waals surface area contributed by atoms with Crippen LogP contribution < -0.4 is 15.0 Å². The molecule has 1 aliphatic heterocycles. The van der Waals surface area contributed by atoms with Gasteiger partial charge >= 0.3 is 6.09 Å². The van der Waals surface area contributed by atoms with E-state index < -0.39 is 11.7 Å². The van der Waals surface area contributed by atoms with Crippen LogP contribution in [0.2, 0.25) is 0 Å². The Labute approximate surface area is 172 Å². The van der Waals surface area contributed by atoms with E-state index in [0.717, 1.165) is 30.0 Å². The summed E-state index contributed by atoms with van der Waals surface area (Å²) in [6, 6.07) is 15.7. The highest BCUT2D eigenvalue weighted by Gasteiger charge is 2.29. The molecule has 0 aromatic heterocycles. The fraction of sp³-hybridized carbons (Fsp3) is 0.391. The zero-order valence-corrected chi connectivity index (χ0v) is 17.4. The zero-order valence-electron chi connectivity index (χ0n) is 17.4. The van der Waals surface area contributed by atoms with Gasteiger partial charge in [-0.2, -0.15) is 5.26 Å². The summed E-state index contributed by atoms with van der Waals surface area (Å²) in [6.45, 7) is 8.16. The fourth-order valence-corrected chi connectivity index (χ4v) is 3.42. The molecule has 2 aromatic rings. The van der Waals surface area contributed by atoms with Crippen LogP contribution in [0.3, 0.4) is 0 Å². The Kier molecular flexibility index (Phi) is 5.97. The maximum Gasteiger partial charge on any atom is 0.407 e. The number of amides is 1. The molecule has 0 aliphatic carbocycles. The van der Waals surface area contributed by atoms with Gasteiger partial charge in [0.05, 0.1) is 23.0 Å². The monoisotopic (exact) mass is 393 g/mol. The number of nitrogens with one attached hydrogen (secondary N) is 1. The molecular formula is C23H27N3O3. The Morgan fingerprint density at radius 3 is 2.62 bits per heavy atom. The van der Waals surface area contributed by atoms with E-state index in [4.69, 9.17) is 9.47 Å². The van der Waals surface area contributed by atoms with Crippen molar-refractivity contribution in [2.24, 2.45) is 0 Å². The van der Waals surface area contributed by atoms with Crippen molar-refractivity contribution in [3.05, 3.63) is 48.0 Å². The molecule has 0 radical (unpaired) electrons. The number of anilines is 2. The van der Waals surface area contributed by atoms with Gasteiger partial charge in [0.1, 0.15) is 5.60 Å². The van der Waals surface area contributed by atoms with Crippen LogP contribution in [0.4, 0.5) is 16.2 Å². The number of ether oxygens (including phenoxy) is 2. The second kappa shape index (κ2) is 8.44. The lowest BCUT2D eigenvalue weighted by Crippen LogP contribution is -2.38. The molecule has 0 saturated heterocycles. The molecule has 1 unspecified atom stereocenters. The smallest absolute Gasteiger partial charge is 0.407 e. The topological polar surface area (TPSA) is 74.6 Å². The minimum Gasteiger partial charge on any atom is -0.453 e. The number of para-hydroxylation sites is 2. The van der Waals surface area contributed by atoms with E-state index in [1.807, 2.05) is 51.1 Å². The van der Waals surface area contributed by atoms with Gasteiger partial charge in [-0.3, -0.25) is 0 Å². The first-order chi connectivity index (χ1) is 13.8. The SMILES string of the molecule is CCC(CCNC(=O)OC(C)(C)C)N1c2ccccc2Oc2cc(C#N)ccc21. The number of carbonyl (C=O) groups excluding carboxylic acids is 1. The molecular weight excluding hydrogens is 366 g/mol. The quantitative estimate of drug-likeness (QED) is 0.726. The molecule has 6 heteroatoms. The zero-order chi connectivity index (χ0) is 21.0. The first kappa shape index (κ1) is 20.5. The lowest BCUT2D eigenvalue weighted by molar-refractivity contribution is 0.0526. The first-order valence-electron chi connectivity index (χ1n) is 9.89. The van der Waals surface area contributed by atoms with Crippen LogP contribution in [-0.2, 0) is 4.74 Å². The average molecular weight is 393 g/mol. The van der Waals surface area contributed by atoms with Crippen LogP contribution >= 0.6 is 0 Å². The number of hydrogen-bond donors (Lipinski definition) is 1. The molecule has 1 atom stereocenters. The Morgan fingerprint density at radius 2 is 1.93 bits per heavy atom. The van der Waals surface area contributed by atoms with Crippen molar-refractivity contribution >= 4 is 17.5 Å². The number of hydrogen-bond acceptors (Lipinski definition) is 5. The third-order valence-electron chi connectivity index (χ3n) is 4.68. The number of nitriles is 1. The van der Waals surface area contributed by atoms with Gasteiger partial charge in [-0.25, -0.2) is 4.79 Å². The van der Waals surface area contributed by atoms with Gasteiger partial charge in [-0.15, -0.1) is 0 Å². The third kappa shape index (κ3) is 4.80. The first-order valence-corrected chi connectivity index (χ1v) is 9.89. The summed E-state index contributed by atoms with van der Waals surface area (Å²) in [5, 5.41) is 12.1. The van der Waals surface area contributed by atoms with Gasteiger partial charge in [0.15, 0.2) is 11.5 Å². The Bertz CT molecular complexity index is 928. The highest BCUT2D eigenvalue weighted by atomic mass is 16.6. The van der Waals surface area contributed by atoms with Gasteiger partial charge < -0.3 is 19.7 Å². The summed E-state index contributed by atoms with van der Waals surface area (Å²) in [6.07, 6.45) is 1.21. The van der Waals surface area contributed by atoms with Crippen LogP contribution in [0.5, 0.6) is 11.5 Å². The van der Waals surface area contributed by atoms with Crippen molar-refractivity contribution in [3.63, 3.8) is 0 Å². The Morgan fingerprint density at radius 1 is 1.21 bits per heavy atom. The van der Waals surface area contributed by atoms with Gasteiger partial charge in [-0.1, -0.05) is 19.1 Å². The summed E-state index contributed by atoms with van der Waals surface area (Å²) < 4.78 is 11.4. The summed E-state index contributed by atoms with van der Waals surface area (Å²) in [4.78, 5) is 14.2. The van der Waals surface area contributed by atoms with Crippen molar-refractivity contribution in [1.82, 2.24) is 5.32 Å². The standard InChI is InChI=1S/C23H27N3O3/c1-5-17(12-13-25-22(27)29-23(2,3)4)26-18-8-6-7-9-20(18)28-21-14-16(15-24)10-11-19(21)26/h6-11,14,17H,5,12-13H2,1-4H3,(H,25,27). The van der Waals surface area contributed by atoms with Crippen molar-refractivity contribution in [3.8, 4) is 17.6 Å². The van der Waals surface area contributed by atoms with Gasteiger partial charge in [0, 0.05) is 18.7 Å². The van der Waals surface area contributed by atoms with Crippen molar-refractivity contribution in [1.29, 1.82) is 5.26 Å². The lowest BCUT2D eigenvalue weighted by atomic mass is 10.0. The van der Waals surface area contributed by atoms with Crippen LogP contribution in [-0.4, -0.2) is 24.3 Å².